The Morgan fingerprint density at radius 2 is 1.76 bits per heavy atom. The summed E-state index contributed by atoms with van der Waals surface area (Å²) in [7, 11) is 1.58. The largest absolute Gasteiger partial charge is 0.496 e. The summed E-state index contributed by atoms with van der Waals surface area (Å²) in [6.45, 7) is 8.53. The van der Waals surface area contributed by atoms with Crippen LogP contribution in [0.3, 0.4) is 0 Å². The fraction of sp³-hybridized carbons (Fsp3) is 0.321. The van der Waals surface area contributed by atoms with Crippen LogP contribution >= 0.6 is 27.3 Å². The zero-order chi connectivity index (χ0) is 27.4. The SMILES string of the molecule is CCOC(=O)C1=C(C)N=c2s/c(=C/c3ccc(OCC)c(OCC)c3)c(=O)n2[C@@H]1c1ccc(OC)c(Br)c1. The van der Waals surface area contributed by atoms with Crippen molar-refractivity contribution in [2.45, 2.75) is 33.7 Å². The summed E-state index contributed by atoms with van der Waals surface area (Å²) in [5, 5.41) is 0. The van der Waals surface area contributed by atoms with Gasteiger partial charge in [-0.25, -0.2) is 9.79 Å². The highest BCUT2D eigenvalue weighted by Gasteiger charge is 2.33. The van der Waals surface area contributed by atoms with E-state index in [0.717, 1.165) is 11.1 Å². The number of fused-ring (bicyclic) bond motifs is 1. The number of carbonyl (C=O) groups excluding carboxylic acids is 1. The molecule has 0 bridgehead atoms. The topological polar surface area (TPSA) is 88.4 Å². The molecule has 0 amide bonds. The smallest absolute Gasteiger partial charge is 0.338 e. The Labute approximate surface area is 233 Å². The first-order valence-electron chi connectivity index (χ1n) is 12.3. The fourth-order valence-corrected chi connectivity index (χ4v) is 5.87. The van der Waals surface area contributed by atoms with Gasteiger partial charge in [0.05, 0.1) is 53.2 Å². The molecule has 10 heteroatoms. The number of esters is 1. The molecule has 0 spiro atoms. The lowest BCUT2D eigenvalue weighted by Gasteiger charge is -2.25. The van der Waals surface area contributed by atoms with Gasteiger partial charge in [0.2, 0.25) is 0 Å². The van der Waals surface area contributed by atoms with E-state index in [2.05, 4.69) is 20.9 Å². The normalized spacial score (nSPS) is 15.1. The van der Waals surface area contributed by atoms with Crippen LogP contribution < -0.4 is 29.1 Å². The highest BCUT2D eigenvalue weighted by molar-refractivity contribution is 9.10. The molecular formula is C28H29BrN2O6S. The number of thiazole rings is 1. The first kappa shape index (κ1) is 27.7. The van der Waals surface area contributed by atoms with Gasteiger partial charge in [-0.2, -0.15) is 0 Å². The Balaban J connectivity index is 1.91. The van der Waals surface area contributed by atoms with Crippen LogP contribution in [0.1, 0.15) is 44.9 Å². The van der Waals surface area contributed by atoms with E-state index < -0.39 is 12.0 Å². The third kappa shape index (κ3) is 5.42. The Morgan fingerprint density at radius 1 is 1.05 bits per heavy atom. The molecule has 0 saturated carbocycles. The van der Waals surface area contributed by atoms with Crippen molar-refractivity contribution in [3.63, 3.8) is 0 Å². The number of nitrogens with zero attached hydrogens (tertiary/aromatic N) is 2. The second-order valence-corrected chi connectivity index (χ2v) is 10.1. The molecule has 1 aromatic heterocycles. The van der Waals surface area contributed by atoms with E-state index in [1.54, 1.807) is 37.7 Å². The fourth-order valence-electron chi connectivity index (χ4n) is 4.27. The molecule has 38 heavy (non-hydrogen) atoms. The predicted octanol–water partition coefficient (Wildman–Crippen LogP) is 4.37. The number of hydrogen-bond donors (Lipinski definition) is 0. The van der Waals surface area contributed by atoms with Gasteiger partial charge < -0.3 is 18.9 Å². The van der Waals surface area contributed by atoms with Crippen LogP contribution in [0, 0.1) is 0 Å². The molecule has 1 aliphatic rings. The van der Waals surface area contributed by atoms with Crippen molar-refractivity contribution in [3.8, 4) is 17.2 Å². The van der Waals surface area contributed by atoms with Gasteiger partial charge in [0.25, 0.3) is 5.56 Å². The maximum Gasteiger partial charge on any atom is 0.338 e. The maximum absolute atomic E-state index is 13.8. The lowest BCUT2D eigenvalue weighted by atomic mass is 9.96. The monoisotopic (exact) mass is 600 g/mol. The zero-order valence-electron chi connectivity index (χ0n) is 21.9. The van der Waals surface area contributed by atoms with Gasteiger partial charge in [0.15, 0.2) is 16.3 Å². The van der Waals surface area contributed by atoms with Gasteiger partial charge in [0, 0.05) is 0 Å². The molecular weight excluding hydrogens is 572 g/mol. The van der Waals surface area contributed by atoms with E-state index in [-0.39, 0.29) is 12.2 Å². The Kier molecular flexibility index (Phi) is 8.73. The third-order valence-corrected chi connectivity index (χ3v) is 7.48. The van der Waals surface area contributed by atoms with Gasteiger partial charge in [0.1, 0.15) is 5.75 Å². The van der Waals surface area contributed by atoms with Gasteiger partial charge in [-0.05, 0) is 85.1 Å². The first-order chi connectivity index (χ1) is 18.3. The third-order valence-electron chi connectivity index (χ3n) is 5.87. The van der Waals surface area contributed by atoms with Crippen LogP contribution in [0.15, 0.2) is 61.9 Å². The van der Waals surface area contributed by atoms with E-state index in [4.69, 9.17) is 18.9 Å². The molecule has 0 fully saturated rings. The van der Waals surface area contributed by atoms with E-state index >= 15 is 0 Å². The van der Waals surface area contributed by atoms with Crippen LogP contribution in [0.2, 0.25) is 0 Å². The molecule has 0 N–H and O–H groups in total. The summed E-state index contributed by atoms with van der Waals surface area (Å²) < 4.78 is 24.9. The molecule has 1 atom stereocenters. The molecule has 8 nitrogen and oxygen atoms in total. The molecule has 4 rings (SSSR count). The van der Waals surface area contributed by atoms with Gasteiger partial charge in [-0.3, -0.25) is 9.36 Å². The van der Waals surface area contributed by atoms with E-state index in [1.165, 1.54) is 11.3 Å². The van der Waals surface area contributed by atoms with Crippen LogP contribution in [0.4, 0.5) is 0 Å². The minimum atomic E-state index is -0.714. The zero-order valence-corrected chi connectivity index (χ0v) is 24.3. The van der Waals surface area contributed by atoms with E-state index in [0.29, 0.717) is 55.5 Å². The number of rotatable bonds is 9. The van der Waals surface area contributed by atoms with Crippen molar-refractivity contribution >= 4 is 39.3 Å². The Hall–Kier alpha value is -3.37. The number of methoxy groups -OCH3 is 1. The summed E-state index contributed by atoms with van der Waals surface area (Å²) in [6, 6.07) is 10.3. The average molecular weight is 602 g/mol. The second-order valence-electron chi connectivity index (χ2n) is 8.27. The molecule has 200 valence electrons. The van der Waals surface area contributed by atoms with Crippen molar-refractivity contribution in [1.29, 1.82) is 0 Å². The van der Waals surface area contributed by atoms with Crippen molar-refractivity contribution < 1.29 is 23.7 Å². The average Bonchev–Trinajstić information content (AvgIpc) is 3.19. The number of benzene rings is 2. The minimum absolute atomic E-state index is 0.207. The molecule has 2 heterocycles. The van der Waals surface area contributed by atoms with Crippen LogP contribution in [0.25, 0.3) is 6.08 Å². The van der Waals surface area contributed by atoms with Crippen LogP contribution in [-0.2, 0) is 9.53 Å². The number of halogens is 1. The van der Waals surface area contributed by atoms with E-state index in [1.807, 2.05) is 44.2 Å². The number of hydrogen-bond acceptors (Lipinski definition) is 8. The highest BCUT2D eigenvalue weighted by Crippen LogP contribution is 2.35. The molecule has 2 aromatic carbocycles. The summed E-state index contributed by atoms with van der Waals surface area (Å²) in [6.07, 6.45) is 1.80. The molecule has 3 aromatic rings. The minimum Gasteiger partial charge on any atom is -0.496 e. The number of ether oxygens (including phenoxy) is 4. The van der Waals surface area contributed by atoms with Gasteiger partial charge in [-0.15, -0.1) is 0 Å². The van der Waals surface area contributed by atoms with Crippen molar-refractivity contribution in [3.05, 3.63) is 83.0 Å². The van der Waals surface area contributed by atoms with E-state index in [9.17, 15) is 9.59 Å². The van der Waals surface area contributed by atoms with Crippen LogP contribution in [0.5, 0.6) is 17.2 Å². The lowest BCUT2D eigenvalue weighted by Crippen LogP contribution is -2.39. The van der Waals surface area contributed by atoms with Gasteiger partial charge >= 0.3 is 5.97 Å². The number of allylic oxidation sites excluding steroid dienone is 1. The van der Waals surface area contributed by atoms with Crippen molar-refractivity contribution in [2.75, 3.05) is 26.9 Å². The van der Waals surface area contributed by atoms with Gasteiger partial charge in [-0.1, -0.05) is 23.5 Å². The molecule has 0 radical (unpaired) electrons. The molecule has 1 aliphatic heterocycles. The molecule has 0 saturated heterocycles. The van der Waals surface area contributed by atoms with Crippen LogP contribution in [-0.4, -0.2) is 37.5 Å². The Bertz CT molecular complexity index is 1570. The lowest BCUT2D eigenvalue weighted by molar-refractivity contribution is -0.139. The quantitative estimate of drug-likeness (QED) is 0.339. The maximum atomic E-state index is 13.8. The molecule has 0 aliphatic carbocycles. The predicted molar refractivity (Wildman–Crippen MR) is 150 cm³/mol. The Morgan fingerprint density at radius 3 is 2.42 bits per heavy atom. The standard InChI is InChI=1S/C28H29BrN2O6S/c1-6-35-21-11-9-17(13-22(21)36-7-2)14-23-26(32)31-25(18-10-12-20(34-5)19(29)15-18)24(27(33)37-8-3)16(4)30-28(31)38-23/h9-15,25H,6-8H2,1-5H3/b23-14+/t25-/m1/s1. The second kappa shape index (κ2) is 12.0. The summed E-state index contributed by atoms with van der Waals surface area (Å²) >= 11 is 4.79. The molecule has 0 unspecified atom stereocenters. The summed E-state index contributed by atoms with van der Waals surface area (Å²) in [5.74, 6) is 1.39. The van der Waals surface area contributed by atoms with Crippen molar-refractivity contribution in [1.82, 2.24) is 4.57 Å². The summed E-state index contributed by atoms with van der Waals surface area (Å²) in [5.41, 5.74) is 2.08. The first-order valence-corrected chi connectivity index (χ1v) is 13.9. The van der Waals surface area contributed by atoms with Crippen molar-refractivity contribution in [2.24, 2.45) is 4.99 Å². The highest BCUT2D eigenvalue weighted by atomic mass is 79.9. The summed E-state index contributed by atoms with van der Waals surface area (Å²) in [4.78, 5) is 32.0. The number of aromatic nitrogens is 1. The number of carbonyl (C=O) groups is 1.